The van der Waals surface area contributed by atoms with E-state index in [0.29, 0.717) is 17.9 Å². The van der Waals surface area contributed by atoms with Crippen molar-refractivity contribution in [2.75, 3.05) is 35.7 Å². The van der Waals surface area contributed by atoms with Gasteiger partial charge in [-0.2, -0.15) is 0 Å². The molecule has 2 N–H and O–H groups in total. The Morgan fingerprint density at radius 1 is 0.851 bits per heavy atom. The summed E-state index contributed by atoms with van der Waals surface area (Å²) < 4.78 is 11.4. The van der Waals surface area contributed by atoms with E-state index in [4.69, 9.17) is 9.47 Å². The Bertz CT molecular complexity index is 1560. The van der Waals surface area contributed by atoms with E-state index < -0.39 is 18.0 Å². The zero-order valence-corrected chi connectivity index (χ0v) is 26.6. The lowest BCUT2D eigenvalue weighted by atomic mass is 10.1. The van der Waals surface area contributed by atoms with Crippen LogP contribution in [0.5, 0.6) is 5.75 Å². The number of imide groups is 1. The van der Waals surface area contributed by atoms with E-state index in [1.807, 2.05) is 78.9 Å². The van der Waals surface area contributed by atoms with Gasteiger partial charge in [0, 0.05) is 43.6 Å². The smallest absolute Gasteiger partial charge is 0.417 e. The highest BCUT2D eigenvalue weighted by Gasteiger charge is 2.44. The lowest BCUT2D eigenvalue weighted by Gasteiger charge is -2.30. The first-order valence-electron chi connectivity index (χ1n) is 16.3. The lowest BCUT2D eigenvalue weighted by Crippen LogP contribution is -2.51. The van der Waals surface area contributed by atoms with Gasteiger partial charge in [0.05, 0.1) is 12.1 Å². The summed E-state index contributed by atoms with van der Waals surface area (Å²) >= 11 is 0. The van der Waals surface area contributed by atoms with Crippen molar-refractivity contribution in [2.45, 2.75) is 69.7 Å². The first-order chi connectivity index (χ1) is 22.8. The Morgan fingerprint density at radius 2 is 1.51 bits per heavy atom. The summed E-state index contributed by atoms with van der Waals surface area (Å²) in [6.07, 6.45) is 5.25. The maximum Gasteiger partial charge on any atom is 0.417 e. The summed E-state index contributed by atoms with van der Waals surface area (Å²) in [5.41, 5.74) is 3.10. The van der Waals surface area contributed by atoms with Gasteiger partial charge in [-0.15, -0.1) is 0 Å². The van der Waals surface area contributed by atoms with E-state index in [1.54, 1.807) is 11.9 Å². The molecule has 0 bridgehead atoms. The Kier molecular flexibility index (Phi) is 9.89. The Labute approximate surface area is 274 Å². The molecular weight excluding hydrogens is 598 g/mol. The Morgan fingerprint density at radius 3 is 2.19 bits per heavy atom. The number of ether oxygens (including phenoxy) is 2. The fourth-order valence-electron chi connectivity index (χ4n) is 6.51. The van der Waals surface area contributed by atoms with Gasteiger partial charge in [0.1, 0.15) is 18.4 Å². The maximum atomic E-state index is 13.5. The van der Waals surface area contributed by atoms with Gasteiger partial charge in [-0.3, -0.25) is 9.59 Å². The van der Waals surface area contributed by atoms with Crippen LogP contribution in [-0.2, 0) is 20.9 Å². The number of likely N-dealkylation sites (tertiary alicyclic amines) is 1. The molecule has 11 nitrogen and oxygen atoms in total. The number of carbonyl (C=O) groups is 4. The lowest BCUT2D eigenvalue weighted by molar-refractivity contribution is -0.140. The number of hydrogen-bond donors (Lipinski definition) is 2. The number of benzene rings is 3. The summed E-state index contributed by atoms with van der Waals surface area (Å²) in [6, 6.07) is 22.9. The average molecular weight is 640 g/mol. The summed E-state index contributed by atoms with van der Waals surface area (Å²) in [4.78, 5) is 56.4. The average Bonchev–Trinajstić information content (AvgIpc) is 3.87. The van der Waals surface area contributed by atoms with Crippen LogP contribution in [0.3, 0.4) is 0 Å². The van der Waals surface area contributed by atoms with Crippen LogP contribution in [-0.4, -0.2) is 72.1 Å². The normalized spacial score (nSPS) is 19.5. The molecule has 1 aliphatic carbocycles. The second kappa shape index (κ2) is 14.6. The molecule has 1 unspecified atom stereocenters. The van der Waals surface area contributed by atoms with Crippen LogP contribution in [0.15, 0.2) is 78.9 Å². The minimum atomic E-state index is -0.871. The topological polar surface area (TPSA) is 121 Å². The highest BCUT2D eigenvalue weighted by atomic mass is 16.6. The van der Waals surface area contributed by atoms with Crippen LogP contribution < -0.4 is 20.3 Å². The number of hydrogen-bond acceptors (Lipinski definition) is 7. The summed E-state index contributed by atoms with van der Waals surface area (Å²) in [5, 5.41) is 5.72. The number of carbonyl (C=O) groups excluding carboxylic acids is 4. The number of nitrogens with one attached hydrogen (secondary N) is 2. The Hall–Kier alpha value is -5.06. The van der Waals surface area contributed by atoms with Crippen molar-refractivity contribution in [3.05, 3.63) is 84.4 Å². The van der Waals surface area contributed by atoms with Crippen molar-refractivity contribution >= 4 is 41.0 Å². The molecule has 246 valence electrons. The monoisotopic (exact) mass is 639 g/mol. The van der Waals surface area contributed by atoms with E-state index in [0.717, 1.165) is 47.7 Å². The van der Waals surface area contributed by atoms with Gasteiger partial charge in [0.15, 0.2) is 0 Å². The molecule has 2 saturated heterocycles. The molecule has 1 saturated carbocycles. The number of nitrogens with zero attached hydrogens (tertiary/aromatic N) is 3. The second-order valence-corrected chi connectivity index (χ2v) is 12.4. The molecule has 6 rings (SSSR count). The van der Waals surface area contributed by atoms with Gasteiger partial charge in [0.25, 0.3) is 0 Å². The van der Waals surface area contributed by atoms with Crippen molar-refractivity contribution in [3.63, 3.8) is 0 Å². The van der Waals surface area contributed by atoms with Gasteiger partial charge < -0.3 is 29.9 Å². The first-order valence-corrected chi connectivity index (χ1v) is 16.3. The van der Waals surface area contributed by atoms with Crippen molar-refractivity contribution < 1.29 is 28.7 Å². The molecule has 2 atom stereocenters. The number of urea groups is 1. The van der Waals surface area contributed by atoms with Gasteiger partial charge in [0.2, 0.25) is 11.8 Å². The predicted octanol–water partition coefficient (Wildman–Crippen LogP) is 6.02. The molecule has 0 spiro atoms. The molecule has 2 heterocycles. The van der Waals surface area contributed by atoms with Crippen molar-refractivity contribution in [1.29, 1.82) is 0 Å². The molecule has 47 heavy (non-hydrogen) atoms. The van der Waals surface area contributed by atoms with Gasteiger partial charge >= 0.3 is 12.1 Å². The van der Waals surface area contributed by atoms with Gasteiger partial charge in [-0.25, -0.2) is 14.5 Å². The Balaban J connectivity index is 0.976. The van der Waals surface area contributed by atoms with E-state index in [2.05, 4.69) is 15.5 Å². The number of amides is 5. The van der Waals surface area contributed by atoms with Crippen LogP contribution in [0.25, 0.3) is 0 Å². The summed E-state index contributed by atoms with van der Waals surface area (Å²) in [5.74, 6) is 0.154. The fourth-order valence-corrected chi connectivity index (χ4v) is 6.51. The predicted molar refractivity (Wildman–Crippen MR) is 178 cm³/mol. The maximum absolute atomic E-state index is 13.5. The van der Waals surface area contributed by atoms with Gasteiger partial charge in [-0.1, -0.05) is 30.3 Å². The van der Waals surface area contributed by atoms with Crippen LogP contribution in [0.1, 0.15) is 50.5 Å². The van der Waals surface area contributed by atoms with E-state index in [1.165, 1.54) is 12.8 Å². The molecular formula is C36H41N5O6. The zero-order chi connectivity index (χ0) is 32.8. The number of anilines is 3. The number of rotatable bonds is 9. The molecule has 0 radical (unpaired) electrons. The molecule has 3 aromatic carbocycles. The zero-order valence-electron chi connectivity index (χ0n) is 26.6. The van der Waals surface area contributed by atoms with Crippen LogP contribution >= 0.6 is 0 Å². The third-order valence-electron chi connectivity index (χ3n) is 9.17. The summed E-state index contributed by atoms with van der Waals surface area (Å²) in [7, 11) is 1.73. The molecule has 3 aromatic rings. The van der Waals surface area contributed by atoms with E-state index >= 15 is 0 Å². The van der Waals surface area contributed by atoms with Crippen LogP contribution in [0.2, 0.25) is 0 Å². The standard InChI is InChI=1S/C36H41N5O6/c1-39(34(43)32-19-20-33(42)41(32)36(45)46-24-25-7-3-2-4-8-25)29-21-22-40(23-29)28-15-11-26(12-16-28)37-35(44)38-27-13-17-31(18-14-27)47-30-9-5-6-10-30/h2-4,7-8,11-18,29-30,32H,5-6,9-10,19-24H2,1H3,(H2,37,38,44)/t29?,32-/m0/s1. The highest BCUT2D eigenvalue weighted by molar-refractivity contribution is 6.01. The third-order valence-corrected chi connectivity index (χ3v) is 9.17. The van der Waals surface area contributed by atoms with E-state index in [9.17, 15) is 19.2 Å². The largest absolute Gasteiger partial charge is 0.490 e. The van der Waals surface area contributed by atoms with Crippen molar-refractivity contribution in [2.24, 2.45) is 0 Å². The molecule has 0 aromatic heterocycles. The second-order valence-electron chi connectivity index (χ2n) is 12.4. The minimum Gasteiger partial charge on any atom is -0.490 e. The third kappa shape index (κ3) is 7.85. The molecule has 11 heteroatoms. The molecule has 3 aliphatic rings. The summed E-state index contributed by atoms with van der Waals surface area (Å²) in [6.45, 7) is 1.37. The number of likely N-dealkylation sites (N-methyl/N-ethyl adjacent to an activating group) is 1. The molecule has 5 amide bonds. The fraction of sp³-hybridized carbons (Fsp3) is 0.389. The van der Waals surface area contributed by atoms with Crippen LogP contribution in [0.4, 0.5) is 26.7 Å². The highest BCUT2D eigenvalue weighted by Crippen LogP contribution is 2.28. The van der Waals surface area contributed by atoms with E-state index in [-0.39, 0.29) is 43.5 Å². The first kappa shape index (κ1) is 31.9. The molecule has 3 fully saturated rings. The molecule has 2 aliphatic heterocycles. The van der Waals surface area contributed by atoms with Gasteiger partial charge in [-0.05, 0) is 92.6 Å². The van der Waals surface area contributed by atoms with Crippen LogP contribution in [0, 0.1) is 0 Å². The van der Waals surface area contributed by atoms with Crippen molar-refractivity contribution in [3.8, 4) is 5.75 Å². The SMILES string of the molecule is CN(C(=O)[C@@H]1CCC(=O)N1C(=O)OCc1ccccc1)C1CCN(c2ccc(NC(=O)Nc3ccc(OC4CCCC4)cc3)cc2)C1. The minimum absolute atomic E-state index is 0.0285. The van der Waals surface area contributed by atoms with Crippen molar-refractivity contribution in [1.82, 2.24) is 9.80 Å². The quantitative estimate of drug-likeness (QED) is 0.294.